The summed E-state index contributed by atoms with van der Waals surface area (Å²) >= 11 is 14.4. The molecule has 2 heterocycles. The highest BCUT2D eigenvalue weighted by atomic mass is 35.5. The highest BCUT2D eigenvalue weighted by Crippen LogP contribution is 2.27. The van der Waals surface area contributed by atoms with Crippen molar-refractivity contribution in [1.29, 1.82) is 0 Å². The molecule has 0 aliphatic heterocycles. The van der Waals surface area contributed by atoms with Crippen LogP contribution in [0.25, 0.3) is 5.69 Å². The molecule has 0 radical (unpaired) electrons. The number of carbonyl (C=O) groups excluding carboxylic acids is 1. The molecule has 4 aromatic rings. The number of pyridine rings is 1. The minimum atomic E-state index is -0.252. The quantitative estimate of drug-likeness (QED) is 0.266. The van der Waals surface area contributed by atoms with Gasteiger partial charge in [0.15, 0.2) is 8.29 Å². The number of aromatic nitrogens is 3. The summed E-state index contributed by atoms with van der Waals surface area (Å²) in [5.41, 5.74) is 2.56. The number of rotatable bonds is 6. The summed E-state index contributed by atoms with van der Waals surface area (Å²) in [5, 5.41) is 7.87. The van der Waals surface area contributed by atoms with E-state index in [0.717, 1.165) is 15.8 Å². The van der Waals surface area contributed by atoms with E-state index in [1.165, 1.54) is 23.1 Å². The smallest absolute Gasteiger partial charge is 0.256 e. The topological polar surface area (TPSA) is 59.8 Å². The number of hydrogen-bond acceptors (Lipinski definition) is 6. The van der Waals surface area contributed by atoms with Crippen molar-refractivity contribution in [2.45, 2.75) is 10.1 Å². The van der Waals surface area contributed by atoms with Gasteiger partial charge in [0.05, 0.1) is 10.7 Å². The molecule has 5 nitrogen and oxygen atoms in total. The number of hydrogen-bond donors (Lipinski definition) is 1. The zero-order chi connectivity index (χ0) is 20.9. The Kier molecular flexibility index (Phi) is 6.59. The van der Waals surface area contributed by atoms with Crippen LogP contribution >= 0.6 is 46.9 Å². The molecule has 4 rings (SSSR count). The molecule has 1 amide bonds. The van der Waals surface area contributed by atoms with Gasteiger partial charge in [-0.05, 0) is 54.2 Å². The molecule has 9 heteroatoms. The van der Waals surface area contributed by atoms with Gasteiger partial charge in [0.1, 0.15) is 5.82 Å². The maximum Gasteiger partial charge on any atom is 0.256 e. The lowest BCUT2D eigenvalue weighted by Crippen LogP contribution is -2.12. The Morgan fingerprint density at radius 2 is 1.87 bits per heavy atom. The van der Waals surface area contributed by atoms with E-state index in [0.29, 0.717) is 20.4 Å². The van der Waals surface area contributed by atoms with Crippen LogP contribution in [0.2, 0.25) is 5.02 Å². The summed E-state index contributed by atoms with van der Waals surface area (Å²) < 4.78 is 3.28. The van der Waals surface area contributed by atoms with E-state index >= 15 is 0 Å². The summed E-state index contributed by atoms with van der Waals surface area (Å²) in [7, 11) is 0. The fourth-order valence-corrected chi connectivity index (χ4v) is 5.02. The maximum atomic E-state index is 12.4. The molecule has 0 atom stereocenters. The molecule has 2 aromatic carbocycles. The van der Waals surface area contributed by atoms with Crippen molar-refractivity contribution >= 4 is 58.6 Å². The van der Waals surface area contributed by atoms with E-state index in [1.54, 1.807) is 40.7 Å². The molecule has 0 saturated carbocycles. The van der Waals surface area contributed by atoms with Crippen LogP contribution in [0.1, 0.15) is 15.9 Å². The first-order chi connectivity index (χ1) is 14.6. The molecular weight excluding hydrogens is 456 g/mol. The molecule has 0 fully saturated rings. The number of nitrogens with zero attached hydrogens (tertiary/aromatic N) is 3. The summed E-state index contributed by atoms with van der Waals surface area (Å²) in [4.78, 5) is 16.5. The van der Waals surface area contributed by atoms with Crippen LogP contribution in [0.15, 0.2) is 77.3 Å². The minimum Gasteiger partial charge on any atom is -0.307 e. The number of benzene rings is 2. The van der Waals surface area contributed by atoms with E-state index in [-0.39, 0.29) is 5.91 Å². The Labute approximate surface area is 191 Å². The van der Waals surface area contributed by atoms with Crippen LogP contribution in [-0.4, -0.2) is 20.7 Å². The number of nitrogens with one attached hydrogen (secondary N) is 1. The number of amides is 1. The zero-order valence-corrected chi connectivity index (χ0v) is 18.7. The summed E-state index contributed by atoms with van der Waals surface area (Å²) in [5.74, 6) is 1.02. The predicted molar refractivity (Wildman–Crippen MR) is 125 cm³/mol. The Balaban J connectivity index is 1.44. The van der Waals surface area contributed by atoms with E-state index in [9.17, 15) is 4.79 Å². The van der Waals surface area contributed by atoms with Gasteiger partial charge in [0, 0.05) is 17.5 Å². The van der Waals surface area contributed by atoms with Gasteiger partial charge in [-0.2, -0.15) is 0 Å². The molecule has 0 saturated heterocycles. The summed E-state index contributed by atoms with van der Waals surface area (Å²) in [6, 6.07) is 20.7. The van der Waals surface area contributed by atoms with Crippen molar-refractivity contribution in [2.24, 2.45) is 0 Å². The third-order valence-corrected chi connectivity index (χ3v) is 6.74. The van der Waals surface area contributed by atoms with Crippen LogP contribution in [0.5, 0.6) is 0 Å². The number of carbonyl (C=O) groups is 1. The molecule has 1 N–H and O–H groups in total. The van der Waals surface area contributed by atoms with E-state index in [1.807, 2.05) is 30.3 Å². The van der Waals surface area contributed by atoms with Crippen molar-refractivity contribution in [2.75, 3.05) is 5.32 Å². The Morgan fingerprint density at radius 3 is 2.57 bits per heavy atom. The Morgan fingerprint density at radius 1 is 1.10 bits per heavy atom. The molecule has 0 aliphatic rings. The van der Waals surface area contributed by atoms with Gasteiger partial charge in [-0.15, -0.1) is 5.10 Å². The first-order valence-electron chi connectivity index (χ1n) is 8.89. The van der Waals surface area contributed by atoms with Crippen LogP contribution < -0.4 is 5.32 Å². The Hall–Kier alpha value is -2.52. The largest absolute Gasteiger partial charge is 0.307 e. The lowest BCUT2D eigenvalue weighted by atomic mass is 10.2. The number of halogens is 1. The van der Waals surface area contributed by atoms with Crippen LogP contribution in [0.3, 0.4) is 0 Å². The lowest BCUT2D eigenvalue weighted by molar-refractivity contribution is 0.102. The average Bonchev–Trinajstić information content (AvgIpc) is 3.15. The molecular formula is C21H15ClN4OS3. The van der Waals surface area contributed by atoms with Crippen molar-refractivity contribution in [3.05, 3.63) is 93.0 Å². The second-order valence-electron chi connectivity index (χ2n) is 6.18. The predicted octanol–water partition coefficient (Wildman–Crippen LogP) is 6.26. The first kappa shape index (κ1) is 20.7. The molecule has 0 bridgehead atoms. The van der Waals surface area contributed by atoms with Gasteiger partial charge in [-0.1, -0.05) is 65.0 Å². The third-order valence-electron chi connectivity index (χ3n) is 4.08. The lowest BCUT2D eigenvalue weighted by Gasteiger charge is -2.06. The second-order valence-corrected chi connectivity index (χ2v) is 9.46. The normalized spacial score (nSPS) is 10.7. The molecule has 150 valence electrons. The molecule has 0 aliphatic carbocycles. The average molecular weight is 471 g/mol. The number of thioether (sulfide) groups is 1. The van der Waals surface area contributed by atoms with E-state index in [2.05, 4.69) is 27.5 Å². The van der Waals surface area contributed by atoms with Gasteiger partial charge in [-0.25, -0.2) is 9.67 Å². The van der Waals surface area contributed by atoms with E-state index < -0.39 is 0 Å². The highest BCUT2D eigenvalue weighted by Gasteiger charge is 2.10. The third kappa shape index (κ3) is 5.14. The van der Waals surface area contributed by atoms with Crippen LogP contribution in [0.4, 0.5) is 5.82 Å². The fourth-order valence-electron chi connectivity index (χ4n) is 2.59. The molecule has 30 heavy (non-hydrogen) atoms. The van der Waals surface area contributed by atoms with Crippen LogP contribution in [0, 0.1) is 3.95 Å². The minimum absolute atomic E-state index is 0.252. The SMILES string of the molecule is O=C(Nc1ccc(Cl)cn1)c1ccc(-n2nc(SCc3ccccc3)sc2=S)cc1. The summed E-state index contributed by atoms with van der Waals surface area (Å²) in [6.07, 6.45) is 1.48. The first-order valence-corrected chi connectivity index (χ1v) is 11.5. The van der Waals surface area contributed by atoms with Crippen molar-refractivity contribution in [1.82, 2.24) is 14.8 Å². The fraction of sp³-hybridized carbons (Fsp3) is 0.0476. The van der Waals surface area contributed by atoms with Crippen molar-refractivity contribution in [3.63, 3.8) is 0 Å². The van der Waals surface area contributed by atoms with Crippen molar-refractivity contribution < 1.29 is 4.79 Å². The van der Waals surface area contributed by atoms with E-state index in [4.69, 9.17) is 23.8 Å². The highest BCUT2D eigenvalue weighted by molar-refractivity contribution is 8.00. The van der Waals surface area contributed by atoms with Gasteiger partial charge in [0.2, 0.25) is 0 Å². The molecule has 0 spiro atoms. The van der Waals surface area contributed by atoms with Crippen molar-refractivity contribution in [3.8, 4) is 5.69 Å². The zero-order valence-electron chi connectivity index (χ0n) is 15.5. The second kappa shape index (κ2) is 9.53. The monoisotopic (exact) mass is 470 g/mol. The maximum absolute atomic E-state index is 12.4. The number of anilines is 1. The van der Waals surface area contributed by atoms with Gasteiger partial charge >= 0.3 is 0 Å². The molecule has 2 aromatic heterocycles. The van der Waals surface area contributed by atoms with Gasteiger partial charge < -0.3 is 5.32 Å². The van der Waals surface area contributed by atoms with Gasteiger partial charge in [0.25, 0.3) is 5.91 Å². The molecule has 0 unspecified atom stereocenters. The van der Waals surface area contributed by atoms with Gasteiger partial charge in [-0.3, -0.25) is 4.79 Å². The van der Waals surface area contributed by atoms with Crippen LogP contribution in [-0.2, 0) is 5.75 Å². The standard InChI is InChI=1S/C21H15ClN4OS3/c22-16-8-11-18(23-12-16)24-19(27)15-6-9-17(10-7-15)26-21(28)30-20(25-26)29-13-14-4-2-1-3-5-14/h1-12H,13H2,(H,23,24,27). The Bertz CT molecular complexity index is 1210. The summed E-state index contributed by atoms with van der Waals surface area (Å²) in [6.45, 7) is 0.